The van der Waals surface area contributed by atoms with Crippen LogP contribution in [0.3, 0.4) is 0 Å². The summed E-state index contributed by atoms with van der Waals surface area (Å²) in [4.78, 5) is 2.09. The molecule has 0 aliphatic heterocycles. The predicted octanol–water partition coefficient (Wildman–Crippen LogP) is 3.78. The van der Waals surface area contributed by atoms with Gasteiger partial charge >= 0.3 is 0 Å². The molecule has 0 aliphatic carbocycles. The first-order valence-corrected chi connectivity index (χ1v) is 5.73. The normalized spacial score (nSPS) is 11.6. The van der Waals surface area contributed by atoms with E-state index in [0.29, 0.717) is 5.88 Å². The monoisotopic (exact) mass is 223 g/mol. The molecule has 15 heavy (non-hydrogen) atoms. The first-order valence-electron chi connectivity index (χ1n) is 5.20. The Balaban J connectivity index is 2.84. The lowest BCUT2D eigenvalue weighted by Crippen LogP contribution is -2.07. The third-order valence-electron chi connectivity index (χ3n) is 2.41. The predicted molar refractivity (Wildman–Crippen MR) is 69.8 cm³/mol. The molecule has 0 heterocycles. The minimum Gasteiger partial charge on any atom is -0.378 e. The molecule has 1 rings (SSSR count). The summed E-state index contributed by atoms with van der Waals surface area (Å²) in [5.74, 6) is 0.617. The molecule has 0 atom stereocenters. The number of allylic oxidation sites excluding steroid dienone is 1. The zero-order valence-corrected chi connectivity index (χ0v) is 10.4. The number of nitrogens with zero attached hydrogens (tertiary/aromatic N) is 1. The van der Waals surface area contributed by atoms with Crippen molar-refractivity contribution in [2.75, 3.05) is 24.9 Å². The molecule has 0 amide bonds. The van der Waals surface area contributed by atoms with Gasteiger partial charge in [0.1, 0.15) is 0 Å². The van der Waals surface area contributed by atoms with Crippen LogP contribution in [0.4, 0.5) is 5.69 Å². The Morgan fingerprint density at radius 3 is 2.27 bits per heavy atom. The van der Waals surface area contributed by atoms with E-state index in [9.17, 15) is 0 Å². The van der Waals surface area contributed by atoms with Gasteiger partial charge in [-0.2, -0.15) is 0 Å². The molecule has 1 nitrogen and oxygen atoms in total. The van der Waals surface area contributed by atoms with Crippen molar-refractivity contribution < 1.29 is 0 Å². The Morgan fingerprint density at radius 2 is 1.87 bits per heavy atom. The van der Waals surface area contributed by atoms with Gasteiger partial charge in [-0.15, -0.1) is 11.6 Å². The highest BCUT2D eigenvalue weighted by Crippen LogP contribution is 2.16. The van der Waals surface area contributed by atoms with E-state index in [1.54, 1.807) is 0 Å². The minimum absolute atomic E-state index is 0.617. The van der Waals surface area contributed by atoms with Crippen LogP contribution >= 0.6 is 11.6 Å². The summed E-state index contributed by atoms with van der Waals surface area (Å²) in [5, 5.41) is 0. The van der Waals surface area contributed by atoms with Gasteiger partial charge in [-0.1, -0.05) is 30.7 Å². The first kappa shape index (κ1) is 12.1. The molecule has 0 saturated heterocycles. The molecule has 0 saturated carbocycles. The largest absolute Gasteiger partial charge is 0.378 e. The molecule has 1 aromatic rings. The average Bonchev–Trinajstić information content (AvgIpc) is 2.26. The first-order chi connectivity index (χ1) is 7.17. The fourth-order valence-electron chi connectivity index (χ4n) is 1.34. The summed E-state index contributed by atoms with van der Waals surface area (Å²) in [6.07, 6.45) is 3.17. The van der Waals surface area contributed by atoms with Crippen molar-refractivity contribution in [2.45, 2.75) is 13.3 Å². The van der Waals surface area contributed by atoms with Crippen molar-refractivity contribution in [3.05, 3.63) is 35.4 Å². The molecule has 0 aromatic heterocycles. The molecule has 1 aromatic carbocycles. The van der Waals surface area contributed by atoms with Gasteiger partial charge in [0, 0.05) is 25.7 Å². The number of hydrogen-bond acceptors (Lipinski definition) is 1. The van der Waals surface area contributed by atoms with E-state index >= 15 is 0 Å². The highest BCUT2D eigenvalue weighted by molar-refractivity contribution is 6.19. The molecule has 0 spiro atoms. The lowest BCUT2D eigenvalue weighted by molar-refractivity contribution is 1.12. The fraction of sp³-hybridized carbons (Fsp3) is 0.385. The second-order valence-corrected chi connectivity index (χ2v) is 4.04. The smallest absolute Gasteiger partial charge is 0.0436 e. The van der Waals surface area contributed by atoms with E-state index < -0.39 is 0 Å². The van der Waals surface area contributed by atoms with Crippen molar-refractivity contribution in [3.63, 3.8) is 0 Å². The van der Waals surface area contributed by atoms with Gasteiger partial charge in [-0.25, -0.2) is 0 Å². The Morgan fingerprint density at radius 1 is 1.27 bits per heavy atom. The molecule has 82 valence electrons. The lowest BCUT2D eigenvalue weighted by Gasteiger charge is -2.12. The van der Waals surface area contributed by atoms with Crippen LogP contribution in [0.5, 0.6) is 0 Å². The van der Waals surface area contributed by atoms with Crippen molar-refractivity contribution in [3.8, 4) is 0 Å². The van der Waals surface area contributed by atoms with Crippen LogP contribution < -0.4 is 4.90 Å². The maximum atomic E-state index is 5.82. The van der Waals surface area contributed by atoms with Gasteiger partial charge in [-0.3, -0.25) is 0 Å². The highest BCUT2D eigenvalue weighted by Gasteiger charge is 1.96. The summed E-state index contributed by atoms with van der Waals surface area (Å²) >= 11 is 5.82. The van der Waals surface area contributed by atoms with Crippen LogP contribution in [0.2, 0.25) is 0 Å². The van der Waals surface area contributed by atoms with Crippen LogP contribution in [-0.2, 0) is 0 Å². The second kappa shape index (κ2) is 5.82. The van der Waals surface area contributed by atoms with E-state index in [-0.39, 0.29) is 0 Å². The van der Waals surface area contributed by atoms with E-state index in [0.717, 1.165) is 6.42 Å². The van der Waals surface area contributed by atoms with Crippen molar-refractivity contribution in [1.29, 1.82) is 0 Å². The molecule has 0 unspecified atom stereocenters. The van der Waals surface area contributed by atoms with Crippen LogP contribution in [0.15, 0.2) is 29.8 Å². The van der Waals surface area contributed by atoms with Gasteiger partial charge in [0.2, 0.25) is 0 Å². The SMILES string of the molecule is CCC(=Cc1ccc(N(C)C)cc1)CCl. The summed E-state index contributed by atoms with van der Waals surface area (Å²) in [6, 6.07) is 8.48. The van der Waals surface area contributed by atoms with E-state index in [4.69, 9.17) is 11.6 Å². The van der Waals surface area contributed by atoms with Crippen molar-refractivity contribution in [1.82, 2.24) is 0 Å². The third kappa shape index (κ3) is 3.60. The molecule has 0 bridgehead atoms. The summed E-state index contributed by atoms with van der Waals surface area (Å²) < 4.78 is 0. The maximum Gasteiger partial charge on any atom is 0.0436 e. The topological polar surface area (TPSA) is 3.24 Å². The third-order valence-corrected chi connectivity index (χ3v) is 2.75. The number of rotatable bonds is 4. The van der Waals surface area contributed by atoms with Gasteiger partial charge in [0.05, 0.1) is 0 Å². The van der Waals surface area contributed by atoms with Gasteiger partial charge in [0.25, 0.3) is 0 Å². The molecule has 0 N–H and O–H groups in total. The van der Waals surface area contributed by atoms with Crippen molar-refractivity contribution in [2.24, 2.45) is 0 Å². The number of hydrogen-bond donors (Lipinski definition) is 0. The zero-order valence-electron chi connectivity index (χ0n) is 9.63. The summed E-state index contributed by atoms with van der Waals surface area (Å²) in [7, 11) is 4.09. The number of halogens is 1. The summed E-state index contributed by atoms with van der Waals surface area (Å²) in [6.45, 7) is 2.13. The maximum absolute atomic E-state index is 5.82. The Hall–Kier alpha value is -0.950. The Kier molecular flexibility index (Phi) is 4.70. The molecule has 0 fully saturated rings. The van der Waals surface area contributed by atoms with Crippen LogP contribution in [-0.4, -0.2) is 20.0 Å². The van der Waals surface area contributed by atoms with E-state index in [1.807, 2.05) is 14.1 Å². The van der Waals surface area contributed by atoms with Gasteiger partial charge in [-0.05, 0) is 24.1 Å². The van der Waals surface area contributed by atoms with Gasteiger partial charge < -0.3 is 4.90 Å². The molecular weight excluding hydrogens is 206 g/mol. The van der Waals surface area contributed by atoms with Crippen LogP contribution in [0, 0.1) is 0 Å². The van der Waals surface area contributed by atoms with Gasteiger partial charge in [0.15, 0.2) is 0 Å². The average molecular weight is 224 g/mol. The Bertz CT molecular complexity index is 319. The zero-order chi connectivity index (χ0) is 11.3. The number of anilines is 1. The standard InChI is InChI=1S/C13H18ClN/c1-4-11(10-14)9-12-5-7-13(8-6-12)15(2)3/h5-9H,4,10H2,1-3H3. The second-order valence-electron chi connectivity index (χ2n) is 3.78. The highest BCUT2D eigenvalue weighted by atomic mass is 35.5. The van der Waals surface area contributed by atoms with E-state index in [2.05, 4.69) is 42.2 Å². The molecule has 2 heteroatoms. The van der Waals surface area contributed by atoms with E-state index in [1.165, 1.54) is 16.8 Å². The fourth-order valence-corrected chi connectivity index (χ4v) is 1.61. The molecule has 0 aliphatic rings. The Labute approximate surface area is 97.4 Å². The molecular formula is C13H18ClN. The number of alkyl halides is 1. The quantitative estimate of drug-likeness (QED) is 0.703. The van der Waals surface area contributed by atoms with Crippen LogP contribution in [0.25, 0.3) is 6.08 Å². The molecule has 0 radical (unpaired) electrons. The van der Waals surface area contributed by atoms with Crippen LogP contribution in [0.1, 0.15) is 18.9 Å². The van der Waals surface area contributed by atoms with Crippen molar-refractivity contribution >= 4 is 23.4 Å². The lowest BCUT2D eigenvalue weighted by atomic mass is 10.1. The minimum atomic E-state index is 0.617. The number of benzene rings is 1. The summed E-state index contributed by atoms with van der Waals surface area (Å²) in [5.41, 5.74) is 3.71.